The molecule has 0 bridgehead atoms. The highest BCUT2D eigenvalue weighted by Crippen LogP contribution is 2.30. The van der Waals surface area contributed by atoms with Gasteiger partial charge < -0.3 is 10.2 Å². The lowest BCUT2D eigenvalue weighted by atomic mass is 10.2. The van der Waals surface area contributed by atoms with Gasteiger partial charge in [-0.1, -0.05) is 24.3 Å². The monoisotopic (exact) mass is 292 g/mol. The first-order chi connectivity index (χ1) is 9.76. The number of nitrogens with one attached hydrogen (secondary N) is 1. The summed E-state index contributed by atoms with van der Waals surface area (Å²) in [7, 11) is 0. The molecular formula is C14H17FN4S. The van der Waals surface area contributed by atoms with E-state index < -0.39 is 0 Å². The van der Waals surface area contributed by atoms with E-state index >= 15 is 0 Å². The highest BCUT2D eigenvalue weighted by atomic mass is 32.1. The van der Waals surface area contributed by atoms with E-state index in [1.807, 2.05) is 6.07 Å². The first-order valence-electron chi connectivity index (χ1n) is 6.86. The molecular weight excluding hydrogens is 275 g/mol. The van der Waals surface area contributed by atoms with E-state index in [0.29, 0.717) is 6.54 Å². The van der Waals surface area contributed by atoms with E-state index in [1.165, 1.54) is 11.6 Å². The Morgan fingerprint density at radius 3 is 3.15 bits per heavy atom. The summed E-state index contributed by atoms with van der Waals surface area (Å²) in [5.41, 5.74) is 2.20. The van der Waals surface area contributed by atoms with Crippen LogP contribution in [-0.4, -0.2) is 23.3 Å². The van der Waals surface area contributed by atoms with Gasteiger partial charge >= 0.3 is 0 Å². The number of halogens is 1. The second-order valence-corrected chi connectivity index (χ2v) is 5.93. The van der Waals surface area contributed by atoms with Gasteiger partial charge in [0.05, 0.1) is 6.54 Å². The van der Waals surface area contributed by atoms with Gasteiger partial charge in [0, 0.05) is 18.8 Å². The van der Waals surface area contributed by atoms with E-state index in [-0.39, 0.29) is 5.82 Å². The van der Waals surface area contributed by atoms with Gasteiger partial charge in [-0.3, -0.25) is 0 Å². The standard InChI is InChI=1S/C14H17FN4S/c1-2-6-16-14-18-17-13(20-14)9-19-7-5-10-3-4-11(15)8-12(10)19/h3-4,8H,2,5-7,9H2,1H3,(H,16,18). The van der Waals surface area contributed by atoms with Crippen LogP contribution < -0.4 is 10.2 Å². The summed E-state index contributed by atoms with van der Waals surface area (Å²) < 4.78 is 13.4. The second kappa shape index (κ2) is 5.75. The minimum absolute atomic E-state index is 0.182. The van der Waals surface area contributed by atoms with Crippen LogP contribution in [0.3, 0.4) is 0 Å². The first-order valence-corrected chi connectivity index (χ1v) is 7.67. The SMILES string of the molecule is CCCNc1nnc(CN2CCc3ccc(F)cc32)s1. The van der Waals surface area contributed by atoms with Crippen LogP contribution in [0.2, 0.25) is 0 Å². The molecule has 0 amide bonds. The van der Waals surface area contributed by atoms with Crippen molar-refractivity contribution in [3.05, 3.63) is 34.6 Å². The largest absolute Gasteiger partial charge is 0.364 e. The van der Waals surface area contributed by atoms with E-state index in [4.69, 9.17) is 0 Å². The van der Waals surface area contributed by atoms with Gasteiger partial charge in [-0.15, -0.1) is 10.2 Å². The number of nitrogens with zero attached hydrogens (tertiary/aromatic N) is 3. The number of benzene rings is 1. The number of aromatic nitrogens is 2. The molecule has 3 rings (SSSR count). The maximum atomic E-state index is 13.4. The molecule has 1 N–H and O–H groups in total. The van der Waals surface area contributed by atoms with Crippen molar-refractivity contribution < 1.29 is 4.39 Å². The second-order valence-electron chi connectivity index (χ2n) is 4.87. The molecule has 4 nitrogen and oxygen atoms in total. The molecule has 20 heavy (non-hydrogen) atoms. The predicted molar refractivity (Wildman–Crippen MR) is 79.8 cm³/mol. The van der Waals surface area contributed by atoms with Gasteiger partial charge in [0.1, 0.15) is 10.8 Å². The lowest BCUT2D eigenvalue weighted by Gasteiger charge is -2.17. The minimum atomic E-state index is -0.182. The predicted octanol–water partition coefficient (Wildman–Crippen LogP) is 3.06. The fraction of sp³-hybridized carbons (Fsp3) is 0.429. The average molecular weight is 292 g/mol. The molecule has 6 heteroatoms. The summed E-state index contributed by atoms with van der Waals surface area (Å²) in [5, 5.41) is 13.4. The van der Waals surface area contributed by atoms with Crippen LogP contribution in [-0.2, 0) is 13.0 Å². The quantitative estimate of drug-likeness (QED) is 0.919. The maximum absolute atomic E-state index is 13.4. The summed E-state index contributed by atoms with van der Waals surface area (Å²) in [4.78, 5) is 2.17. The Bertz CT molecular complexity index is 599. The van der Waals surface area contributed by atoms with Crippen molar-refractivity contribution in [2.45, 2.75) is 26.3 Å². The molecule has 106 valence electrons. The molecule has 0 saturated heterocycles. The molecule has 0 atom stereocenters. The van der Waals surface area contributed by atoms with E-state index in [1.54, 1.807) is 17.4 Å². The Balaban J connectivity index is 1.70. The summed E-state index contributed by atoms with van der Waals surface area (Å²) in [5.74, 6) is -0.182. The molecule has 0 fully saturated rings. The number of fused-ring (bicyclic) bond motifs is 1. The summed E-state index contributed by atoms with van der Waals surface area (Å²) in [6, 6.07) is 5.01. The Morgan fingerprint density at radius 1 is 1.40 bits per heavy atom. The van der Waals surface area contributed by atoms with E-state index in [0.717, 1.165) is 41.8 Å². The molecule has 0 radical (unpaired) electrons. The lowest BCUT2D eigenvalue weighted by molar-refractivity contribution is 0.627. The van der Waals surface area contributed by atoms with Crippen molar-refractivity contribution in [1.82, 2.24) is 10.2 Å². The van der Waals surface area contributed by atoms with Crippen molar-refractivity contribution in [3.63, 3.8) is 0 Å². The van der Waals surface area contributed by atoms with Crippen molar-refractivity contribution in [2.24, 2.45) is 0 Å². The molecule has 2 aromatic rings. The molecule has 0 spiro atoms. The smallest absolute Gasteiger partial charge is 0.205 e. The first kappa shape index (κ1) is 13.3. The highest BCUT2D eigenvalue weighted by molar-refractivity contribution is 7.15. The number of hydrogen-bond donors (Lipinski definition) is 1. The van der Waals surface area contributed by atoms with Gasteiger partial charge in [0.15, 0.2) is 0 Å². The Kier molecular flexibility index (Phi) is 3.82. The molecule has 1 aliphatic heterocycles. The van der Waals surface area contributed by atoms with Crippen LogP contribution in [0.25, 0.3) is 0 Å². The van der Waals surface area contributed by atoms with Crippen LogP contribution >= 0.6 is 11.3 Å². The average Bonchev–Trinajstić information content (AvgIpc) is 3.05. The number of rotatable bonds is 5. The van der Waals surface area contributed by atoms with Crippen LogP contribution in [0, 0.1) is 5.82 Å². The van der Waals surface area contributed by atoms with Crippen molar-refractivity contribution >= 4 is 22.2 Å². The normalized spacial score (nSPS) is 13.6. The van der Waals surface area contributed by atoms with E-state index in [2.05, 4.69) is 27.3 Å². The molecule has 1 aliphatic rings. The zero-order valence-electron chi connectivity index (χ0n) is 11.4. The van der Waals surface area contributed by atoms with Gasteiger partial charge in [0.2, 0.25) is 5.13 Å². The van der Waals surface area contributed by atoms with Gasteiger partial charge in [-0.2, -0.15) is 0 Å². The molecule has 2 heterocycles. The topological polar surface area (TPSA) is 41.1 Å². The highest BCUT2D eigenvalue weighted by Gasteiger charge is 2.21. The Morgan fingerprint density at radius 2 is 2.30 bits per heavy atom. The maximum Gasteiger partial charge on any atom is 0.205 e. The van der Waals surface area contributed by atoms with Gasteiger partial charge in [-0.05, 0) is 30.5 Å². The molecule has 1 aromatic heterocycles. The van der Waals surface area contributed by atoms with Crippen molar-refractivity contribution in [1.29, 1.82) is 0 Å². The van der Waals surface area contributed by atoms with Crippen LogP contribution in [0.15, 0.2) is 18.2 Å². The van der Waals surface area contributed by atoms with Crippen LogP contribution in [0.4, 0.5) is 15.2 Å². The summed E-state index contributed by atoms with van der Waals surface area (Å²) in [6.07, 6.45) is 2.03. The molecule has 0 aliphatic carbocycles. The fourth-order valence-electron chi connectivity index (χ4n) is 2.37. The third kappa shape index (κ3) is 2.75. The van der Waals surface area contributed by atoms with Crippen LogP contribution in [0.5, 0.6) is 0 Å². The number of anilines is 2. The van der Waals surface area contributed by atoms with Crippen molar-refractivity contribution in [3.8, 4) is 0 Å². The zero-order valence-corrected chi connectivity index (χ0v) is 12.2. The number of hydrogen-bond acceptors (Lipinski definition) is 5. The van der Waals surface area contributed by atoms with E-state index in [9.17, 15) is 4.39 Å². The van der Waals surface area contributed by atoms with Crippen molar-refractivity contribution in [2.75, 3.05) is 23.3 Å². The third-order valence-electron chi connectivity index (χ3n) is 3.36. The van der Waals surface area contributed by atoms with Gasteiger partial charge in [0.25, 0.3) is 0 Å². The lowest BCUT2D eigenvalue weighted by Crippen LogP contribution is -2.19. The third-order valence-corrected chi connectivity index (χ3v) is 4.22. The Hall–Kier alpha value is -1.69. The molecule has 0 saturated carbocycles. The minimum Gasteiger partial charge on any atom is -0.364 e. The Labute approximate surface area is 121 Å². The summed E-state index contributed by atoms with van der Waals surface area (Å²) >= 11 is 1.57. The summed E-state index contributed by atoms with van der Waals surface area (Å²) in [6.45, 7) is 4.63. The zero-order chi connectivity index (χ0) is 13.9. The molecule has 1 aromatic carbocycles. The fourth-order valence-corrected chi connectivity index (χ4v) is 3.15. The molecule has 0 unspecified atom stereocenters. The van der Waals surface area contributed by atoms with Crippen LogP contribution in [0.1, 0.15) is 23.9 Å². The van der Waals surface area contributed by atoms with Gasteiger partial charge in [-0.25, -0.2) is 4.39 Å².